The molecule has 1 heterocycles. The standard InChI is InChI=1S/C21H22N4O6S/c1-12-4-6-13(7-5-12)17-15(11-32(27,28)31-21(26)25-20(22)23)10-14-8-9-16(29-2)19(30-3)18(14)24-17/h4-10H,11H2,1-3H3,(H4,22,23,25,26). The van der Waals surface area contributed by atoms with Crippen LogP contribution in [0.25, 0.3) is 22.2 Å². The van der Waals surface area contributed by atoms with Crippen molar-refractivity contribution in [2.45, 2.75) is 12.7 Å². The number of aromatic nitrogens is 1. The zero-order chi connectivity index (χ0) is 23.5. The second-order valence-corrected chi connectivity index (χ2v) is 8.39. The maximum atomic E-state index is 12.5. The molecule has 4 N–H and O–H groups in total. The quantitative estimate of drug-likeness (QED) is 0.322. The normalized spacial score (nSPS) is 11.1. The Morgan fingerprint density at radius 2 is 1.75 bits per heavy atom. The highest BCUT2D eigenvalue weighted by atomic mass is 32.2. The van der Waals surface area contributed by atoms with Crippen LogP contribution in [0.1, 0.15) is 11.1 Å². The summed E-state index contributed by atoms with van der Waals surface area (Å²) in [4.78, 5) is 19.4. The second kappa shape index (κ2) is 9.10. The number of nitrogens with two attached hydrogens (primary N) is 2. The Morgan fingerprint density at radius 1 is 1.06 bits per heavy atom. The van der Waals surface area contributed by atoms with Crippen LogP contribution in [-0.4, -0.2) is 39.7 Å². The Balaban J connectivity index is 2.17. The molecule has 0 aliphatic rings. The van der Waals surface area contributed by atoms with Gasteiger partial charge in [0, 0.05) is 10.9 Å². The molecule has 0 spiro atoms. The van der Waals surface area contributed by atoms with Crippen molar-refractivity contribution in [3.8, 4) is 22.8 Å². The number of hydrogen-bond acceptors (Lipinski definition) is 7. The van der Waals surface area contributed by atoms with E-state index in [1.165, 1.54) is 14.2 Å². The van der Waals surface area contributed by atoms with E-state index < -0.39 is 27.9 Å². The number of pyridine rings is 1. The fourth-order valence-electron chi connectivity index (χ4n) is 3.12. The minimum absolute atomic E-state index is 0.311. The lowest BCUT2D eigenvalue weighted by Crippen LogP contribution is -2.25. The summed E-state index contributed by atoms with van der Waals surface area (Å²) in [6.07, 6.45) is -1.43. The number of nitrogens with zero attached hydrogens (tertiary/aromatic N) is 2. The van der Waals surface area contributed by atoms with Gasteiger partial charge in [0.2, 0.25) is 0 Å². The van der Waals surface area contributed by atoms with Gasteiger partial charge >= 0.3 is 16.2 Å². The molecule has 168 valence electrons. The highest BCUT2D eigenvalue weighted by Gasteiger charge is 2.23. The topological polar surface area (TPSA) is 156 Å². The van der Waals surface area contributed by atoms with E-state index >= 15 is 0 Å². The Kier molecular flexibility index (Phi) is 6.49. The summed E-state index contributed by atoms with van der Waals surface area (Å²) in [6, 6.07) is 12.4. The summed E-state index contributed by atoms with van der Waals surface area (Å²) in [6.45, 7) is 1.93. The number of aryl methyl sites for hydroxylation is 1. The van der Waals surface area contributed by atoms with Crippen molar-refractivity contribution < 1.29 is 26.9 Å². The van der Waals surface area contributed by atoms with E-state index in [9.17, 15) is 13.2 Å². The summed E-state index contributed by atoms with van der Waals surface area (Å²) >= 11 is 0. The molecule has 3 aromatic rings. The number of benzene rings is 2. The lowest BCUT2D eigenvalue weighted by Gasteiger charge is -2.15. The fraction of sp³-hybridized carbons (Fsp3) is 0.190. The van der Waals surface area contributed by atoms with Gasteiger partial charge in [-0.1, -0.05) is 29.8 Å². The first-order chi connectivity index (χ1) is 15.1. The molecule has 32 heavy (non-hydrogen) atoms. The third-order valence-electron chi connectivity index (χ3n) is 4.48. The van der Waals surface area contributed by atoms with E-state index in [1.54, 1.807) is 18.2 Å². The molecule has 0 saturated carbocycles. The zero-order valence-corrected chi connectivity index (χ0v) is 18.5. The molecule has 0 bridgehead atoms. The van der Waals surface area contributed by atoms with Gasteiger partial charge in [-0.05, 0) is 30.7 Å². The number of carbonyl (C=O) groups excluding carboxylic acids is 1. The molecule has 0 fully saturated rings. The lowest BCUT2D eigenvalue weighted by atomic mass is 10.0. The molecule has 11 heteroatoms. The number of guanidine groups is 1. The molecule has 0 aliphatic heterocycles. The van der Waals surface area contributed by atoms with Gasteiger partial charge in [0.1, 0.15) is 11.3 Å². The predicted molar refractivity (Wildman–Crippen MR) is 120 cm³/mol. The van der Waals surface area contributed by atoms with Gasteiger partial charge < -0.3 is 25.1 Å². The summed E-state index contributed by atoms with van der Waals surface area (Å²) in [5.41, 5.74) is 13.1. The van der Waals surface area contributed by atoms with Crippen LogP contribution in [0.2, 0.25) is 0 Å². The Labute approximate surface area is 184 Å². The first-order valence-corrected chi connectivity index (χ1v) is 10.9. The maximum absolute atomic E-state index is 12.5. The summed E-state index contributed by atoms with van der Waals surface area (Å²) in [5.74, 6) is -0.362. The molecule has 10 nitrogen and oxygen atoms in total. The predicted octanol–water partition coefficient (Wildman–Crippen LogP) is 2.47. The van der Waals surface area contributed by atoms with E-state index in [1.807, 2.05) is 31.2 Å². The molecular formula is C21H22N4O6S. The summed E-state index contributed by atoms with van der Waals surface area (Å²) in [5, 5.41) is 0.610. The maximum Gasteiger partial charge on any atom is 0.452 e. The second-order valence-electron chi connectivity index (χ2n) is 6.82. The largest absolute Gasteiger partial charge is 0.493 e. The van der Waals surface area contributed by atoms with Gasteiger partial charge in [0.15, 0.2) is 17.5 Å². The van der Waals surface area contributed by atoms with Crippen LogP contribution in [0.5, 0.6) is 11.5 Å². The van der Waals surface area contributed by atoms with Crippen molar-refractivity contribution in [2.75, 3.05) is 14.2 Å². The van der Waals surface area contributed by atoms with Crippen molar-refractivity contribution in [1.82, 2.24) is 4.98 Å². The fourth-order valence-corrected chi connectivity index (χ4v) is 4.04. The lowest BCUT2D eigenvalue weighted by molar-refractivity contribution is 0.213. The van der Waals surface area contributed by atoms with Crippen molar-refractivity contribution in [3.63, 3.8) is 0 Å². The molecule has 0 saturated heterocycles. The summed E-state index contributed by atoms with van der Waals surface area (Å²) < 4.78 is 40.3. The molecule has 3 rings (SSSR count). The Bertz CT molecular complexity index is 1300. The van der Waals surface area contributed by atoms with Crippen LogP contribution in [-0.2, 0) is 20.1 Å². The van der Waals surface area contributed by atoms with E-state index in [-0.39, 0.29) is 0 Å². The van der Waals surface area contributed by atoms with Crippen LogP contribution in [0, 0.1) is 6.92 Å². The first-order valence-electron chi connectivity index (χ1n) is 9.31. The first kappa shape index (κ1) is 22.8. The number of amides is 1. The van der Waals surface area contributed by atoms with Gasteiger partial charge in [-0.2, -0.15) is 8.42 Å². The van der Waals surface area contributed by atoms with E-state index in [0.717, 1.165) is 5.56 Å². The van der Waals surface area contributed by atoms with Crippen LogP contribution in [0.15, 0.2) is 47.5 Å². The average Bonchev–Trinajstić information content (AvgIpc) is 2.71. The third kappa shape index (κ3) is 5.06. The summed E-state index contributed by atoms with van der Waals surface area (Å²) in [7, 11) is -1.38. The Hall–Kier alpha value is -3.86. The minimum atomic E-state index is -4.38. The number of methoxy groups -OCH3 is 2. The molecule has 0 radical (unpaired) electrons. The number of hydrogen-bond donors (Lipinski definition) is 2. The van der Waals surface area contributed by atoms with Crippen molar-refractivity contribution in [3.05, 3.63) is 53.6 Å². The molecule has 1 amide bonds. The SMILES string of the molecule is COc1ccc2cc(CS(=O)(=O)OC(=O)N=C(N)N)c(-c3ccc(C)cc3)nc2c1OC. The molecule has 1 aromatic heterocycles. The van der Waals surface area contributed by atoms with Crippen LogP contribution in [0.3, 0.4) is 0 Å². The molecule has 0 unspecified atom stereocenters. The van der Waals surface area contributed by atoms with Crippen molar-refractivity contribution in [1.29, 1.82) is 0 Å². The van der Waals surface area contributed by atoms with Crippen LogP contribution >= 0.6 is 0 Å². The van der Waals surface area contributed by atoms with Gasteiger partial charge in [-0.15, -0.1) is 4.99 Å². The monoisotopic (exact) mass is 458 g/mol. The van der Waals surface area contributed by atoms with Gasteiger partial charge in [-0.25, -0.2) is 9.78 Å². The Morgan fingerprint density at radius 3 is 2.34 bits per heavy atom. The molecule has 2 aromatic carbocycles. The highest BCUT2D eigenvalue weighted by molar-refractivity contribution is 7.86. The third-order valence-corrected chi connectivity index (χ3v) is 5.55. The zero-order valence-electron chi connectivity index (χ0n) is 17.7. The molecular weight excluding hydrogens is 436 g/mol. The molecule has 0 aliphatic carbocycles. The minimum Gasteiger partial charge on any atom is -0.493 e. The number of rotatable bonds is 6. The van der Waals surface area contributed by atoms with Crippen LogP contribution in [0.4, 0.5) is 4.79 Å². The molecule has 0 atom stereocenters. The van der Waals surface area contributed by atoms with Crippen molar-refractivity contribution in [2.24, 2.45) is 16.5 Å². The van der Waals surface area contributed by atoms with Gasteiger partial charge in [-0.3, -0.25) is 0 Å². The van der Waals surface area contributed by atoms with Crippen LogP contribution < -0.4 is 20.9 Å². The average molecular weight is 458 g/mol. The van der Waals surface area contributed by atoms with Crippen molar-refractivity contribution >= 4 is 33.1 Å². The number of ether oxygens (including phenoxy) is 2. The van der Waals surface area contributed by atoms with E-state index in [0.29, 0.717) is 39.2 Å². The number of aliphatic imine (C=N–C) groups is 1. The number of carbonyl (C=O) groups is 1. The highest BCUT2D eigenvalue weighted by Crippen LogP contribution is 2.37. The smallest absolute Gasteiger partial charge is 0.452 e. The van der Waals surface area contributed by atoms with E-state index in [2.05, 4.69) is 14.2 Å². The number of fused-ring (bicyclic) bond motifs is 1. The van der Waals surface area contributed by atoms with E-state index in [4.69, 9.17) is 20.9 Å². The van der Waals surface area contributed by atoms with Gasteiger partial charge in [0.05, 0.1) is 19.9 Å². The van der Waals surface area contributed by atoms with Gasteiger partial charge in [0.25, 0.3) is 0 Å².